The lowest BCUT2D eigenvalue weighted by atomic mass is 10.1. The SMILES string of the molecule is CC(C)CN1CCN(c2cccc(Cl)c2[N+](=O)[O-])CC1. The van der Waals surface area contributed by atoms with E-state index in [-0.39, 0.29) is 10.7 Å². The van der Waals surface area contributed by atoms with Crippen molar-refractivity contribution >= 4 is 23.0 Å². The van der Waals surface area contributed by atoms with Crippen molar-refractivity contribution in [2.24, 2.45) is 5.92 Å². The molecule has 6 heteroatoms. The average molecular weight is 298 g/mol. The summed E-state index contributed by atoms with van der Waals surface area (Å²) in [4.78, 5) is 15.2. The third-order valence-corrected chi connectivity index (χ3v) is 3.79. The van der Waals surface area contributed by atoms with E-state index in [0.717, 1.165) is 32.7 Å². The number of anilines is 1. The van der Waals surface area contributed by atoms with Crippen LogP contribution >= 0.6 is 11.6 Å². The van der Waals surface area contributed by atoms with Gasteiger partial charge in [0.05, 0.1) is 4.92 Å². The molecule has 20 heavy (non-hydrogen) atoms. The minimum atomic E-state index is -0.391. The lowest BCUT2D eigenvalue weighted by Gasteiger charge is -2.36. The molecule has 0 radical (unpaired) electrons. The van der Waals surface area contributed by atoms with Crippen LogP contribution < -0.4 is 4.90 Å². The number of hydrogen-bond acceptors (Lipinski definition) is 4. The first-order valence-electron chi connectivity index (χ1n) is 6.89. The molecule has 0 bridgehead atoms. The van der Waals surface area contributed by atoms with Crippen molar-refractivity contribution in [3.63, 3.8) is 0 Å². The second kappa shape index (κ2) is 6.41. The quantitative estimate of drug-likeness (QED) is 0.633. The van der Waals surface area contributed by atoms with E-state index in [0.29, 0.717) is 11.6 Å². The van der Waals surface area contributed by atoms with Crippen molar-refractivity contribution in [2.45, 2.75) is 13.8 Å². The molecule has 0 atom stereocenters. The number of para-hydroxylation sites is 1. The highest BCUT2D eigenvalue weighted by atomic mass is 35.5. The molecule has 0 saturated carbocycles. The van der Waals surface area contributed by atoms with Crippen LogP contribution in [0.4, 0.5) is 11.4 Å². The molecule has 1 aliphatic heterocycles. The van der Waals surface area contributed by atoms with Crippen molar-refractivity contribution in [1.29, 1.82) is 0 Å². The monoisotopic (exact) mass is 297 g/mol. The molecule has 1 aliphatic rings. The molecule has 1 heterocycles. The van der Waals surface area contributed by atoms with Gasteiger partial charge in [0, 0.05) is 32.7 Å². The van der Waals surface area contributed by atoms with Gasteiger partial charge >= 0.3 is 5.69 Å². The predicted octanol–water partition coefficient (Wildman–Crippen LogP) is 3.03. The van der Waals surface area contributed by atoms with Crippen LogP contribution in [0.15, 0.2) is 18.2 Å². The maximum atomic E-state index is 11.2. The molecule has 0 amide bonds. The summed E-state index contributed by atoms with van der Waals surface area (Å²) in [6.45, 7) is 8.94. The van der Waals surface area contributed by atoms with Gasteiger partial charge in [-0.15, -0.1) is 0 Å². The highest BCUT2D eigenvalue weighted by molar-refractivity contribution is 6.33. The van der Waals surface area contributed by atoms with E-state index in [1.165, 1.54) is 0 Å². The molecule has 1 aromatic carbocycles. The van der Waals surface area contributed by atoms with E-state index in [4.69, 9.17) is 11.6 Å². The maximum Gasteiger partial charge on any atom is 0.310 e. The number of halogens is 1. The fourth-order valence-electron chi connectivity index (χ4n) is 2.63. The van der Waals surface area contributed by atoms with E-state index >= 15 is 0 Å². The van der Waals surface area contributed by atoms with Crippen LogP contribution in [0.3, 0.4) is 0 Å². The van der Waals surface area contributed by atoms with E-state index in [1.807, 2.05) is 0 Å². The van der Waals surface area contributed by atoms with E-state index in [1.54, 1.807) is 18.2 Å². The summed E-state index contributed by atoms with van der Waals surface area (Å²) in [7, 11) is 0. The van der Waals surface area contributed by atoms with Crippen LogP contribution in [-0.4, -0.2) is 42.5 Å². The van der Waals surface area contributed by atoms with Gasteiger partial charge in [0.1, 0.15) is 10.7 Å². The van der Waals surface area contributed by atoms with E-state index in [9.17, 15) is 10.1 Å². The fraction of sp³-hybridized carbons (Fsp3) is 0.571. The Balaban J connectivity index is 2.11. The smallest absolute Gasteiger partial charge is 0.310 e. The molecule has 0 aliphatic carbocycles. The standard InChI is InChI=1S/C14H20ClN3O2/c1-11(2)10-16-6-8-17(9-7-16)13-5-3-4-12(15)14(13)18(19)20/h3-5,11H,6-10H2,1-2H3. The first kappa shape index (κ1) is 15.1. The van der Waals surface area contributed by atoms with Gasteiger partial charge in [-0.25, -0.2) is 0 Å². The van der Waals surface area contributed by atoms with Crippen LogP contribution in [0.2, 0.25) is 5.02 Å². The number of hydrogen-bond donors (Lipinski definition) is 0. The second-order valence-corrected chi connectivity index (χ2v) is 5.95. The number of rotatable bonds is 4. The van der Waals surface area contributed by atoms with Gasteiger partial charge in [-0.2, -0.15) is 0 Å². The normalized spacial score (nSPS) is 16.7. The summed E-state index contributed by atoms with van der Waals surface area (Å²) >= 11 is 5.96. The van der Waals surface area contributed by atoms with Gasteiger partial charge in [0.25, 0.3) is 0 Å². The van der Waals surface area contributed by atoms with Crippen LogP contribution in [0.1, 0.15) is 13.8 Å². The summed E-state index contributed by atoms with van der Waals surface area (Å²) in [5.41, 5.74) is 0.651. The average Bonchev–Trinajstić information content (AvgIpc) is 2.38. The van der Waals surface area contributed by atoms with Gasteiger partial charge in [0.2, 0.25) is 0 Å². The first-order valence-corrected chi connectivity index (χ1v) is 7.27. The molecule has 5 nitrogen and oxygen atoms in total. The topological polar surface area (TPSA) is 49.6 Å². The molecule has 0 unspecified atom stereocenters. The minimum Gasteiger partial charge on any atom is -0.363 e. The summed E-state index contributed by atoms with van der Waals surface area (Å²) < 4.78 is 0. The number of nitro benzene ring substituents is 1. The molecule has 1 aromatic rings. The molecule has 2 rings (SSSR count). The molecule has 0 N–H and O–H groups in total. The Morgan fingerprint density at radius 2 is 1.95 bits per heavy atom. The maximum absolute atomic E-state index is 11.2. The summed E-state index contributed by atoms with van der Waals surface area (Å²) in [5, 5.41) is 11.4. The van der Waals surface area contributed by atoms with Gasteiger partial charge in [-0.05, 0) is 18.1 Å². The molecule has 110 valence electrons. The Morgan fingerprint density at radius 3 is 2.50 bits per heavy atom. The zero-order valence-corrected chi connectivity index (χ0v) is 12.6. The largest absolute Gasteiger partial charge is 0.363 e. The van der Waals surface area contributed by atoms with Gasteiger partial charge in [-0.1, -0.05) is 31.5 Å². The predicted molar refractivity (Wildman–Crippen MR) is 81.6 cm³/mol. The number of piperazine rings is 1. The van der Waals surface area contributed by atoms with Gasteiger partial charge in [-0.3, -0.25) is 15.0 Å². The minimum absolute atomic E-state index is 0.0199. The lowest BCUT2D eigenvalue weighted by molar-refractivity contribution is -0.384. The first-order chi connectivity index (χ1) is 9.49. The molecule has 1 fully saturated rings. The lowest BCUT2D eigenvalue weighted by Crippen LogP contribution is -2.47. The highest BCUT2D eigenvalue weighted by Gasteiger charge is 2.25. The summed E-state index contributed by atoms with van der Waals surface area (Å²) in [6.07, 6.45) is 0. The van der Waals surface area contributed by atoms with Gasteiger partial charge in [0.15, 0.2) is 0 Å². The van der Waals surface area contributed by atoms with Crippen LogP contribution in [0, 0.1) is 16.0 Å². The van der Waals surface area contributed by atoms with Crippen molar-refractivity contribution in [3.8, 4) is 0 Å². The van der Waals surface area contributed by atoms with Crippen LogP contribution in [-0.2, 0) is 0 Å². The van der Waals surface area contributed by atoms with Crippen LogP contribution in [0.5, 0.6) is 0 Å². The summed E-state index contributed by atoms with van der Waals surface area (Å²) in [6, 6.07) is 5.12. The third-order valence-electron chi connectivity index (χ3n) is 3.48. The fourth-order valence-corrected chi connectivity index (χ4v) is 2.87. The Labute approximate surface area is 124 Å². The van der Waals surface area contributed by atoms with Crippen molar-refractivity contribution in [3.05, 3.63) is 33.3 Å². The Hall–Kier alpha value is -1.33. The number of nitrogens with zero attached hydrogens (tertiary/aromatic N) is 3. The van der Waals surface area contributed by atoms with Crippen molar-refractivity contribution < 1.29 is 4.92 Å². The Morgan fingerprint density at radius 1 is 1.30 bits per heavy atom. The Kier molecular flexibility index (Phi) is 4.83. The zero-order chi connectivity index (χ0) is 14.7. The number of benzene rings is 1. The highest BCUT2D eigenvalue weighted by Crippen LogP contribution is 2.35. The zero-order valence-electron chi connectivity index (χ0n) is 11.9. The second-order valence-electron chi connectivity index (χ2n) is 5.55. The molecule has 0 spiro atoms. The molecular formula is C14H20ClN3O2. The van der Waals surface area contributed by atoms with E-state index < -0.39 is 4.92 Å². The van der Waals surface area contributed by atoms with Crippen molar-refractivity contribution in [2.75, 3.05) is 37.6 Å². The van der Waals surface area contributed by atoms with Crippen molar-refractivity contribution in [1.82, 2.24) is 4.90 Å². The van der Waals surface area contributed by atoms with Gasteiger partial charge < -0.3 is 4.90 Å². The molecular weight excluding hydrogens is 278 g/mol. The Bertz CT molecular complexity index is 485. The summed E-state index contributed by atoms with van der Waals surface area (Å²) in [5.74, 6) is 0.641. The van der Waals surface area contributed by atoms with Crippen LogP contribution in [0.25, 0.3) is 0 Å². The number of nitro groups is 1. The third kappa shape index (κ3) is 3.41. The molecule has 0 aromatic heterocycles. The van der Waals surface area contributed by atoms with E-state index in [2.05, 4.69) is 23.6 Å². The molecule has 1 saturated heterocycles.